The maximum absolute atomic E-state index is 13.7. The molecule has 0 amide bonds. The standard InChI is InChI=1S/C14H20F3N3O/c1-9(2)7-19-14(18-3)20-8-10-11(15)5-4-6-12(10)21-13(16)17/h4-6,9,13H,7-8H2,1-3H3,(H2,18,19,20). The molecule has 0 heterocycles. The first-order valence-electron chi connectivity index (χ1n) is 6.60. The Morgan fingerprint density at radius 1 is 1.29 bits per heavy atom. The summed E-state index contributed by atoms with van der Waals surface area (Å²) in [6.45, 7) is 1.75. The number of nitrogens with zero attached hydrogens (tertiary/aromatic N) is 1. The van der Waals surface area contributed by atoms with Gasteiger partial charge in [0.05, 0.1) is 0 Å². The molecule has 4 nitrogen and oxygen atoms in total. The molecular formula is C14H20F3N3O. The van der Waals surface area contributed by atoms with Crippen LogP contribution in [-0.2, 0) is 6.54 Å². The van der Waals surface area contributed by atoms with Gasteiger partial charge in [-0.3, -0.25) is 4.99 Å². The van der Waals surface area contributed by atoms with Crippen LogP contribution in [0.5, 0.6) is 5.75 Å². The lowest BCUT2D eigenvalue weighted by atomic mass is 10.2. The molecule has 2 N–H and O–H groups in total. The summed E-state index contributed by atoms with van der Waals surface area (Å²) in [7, 11) is 1.58. The van der Waals surface area contributed by atoms with Crippen molar-refractivity contribution in [2.24, 2.45) is 10.9 Å². The largest absolute Gasteiger partial charge is 0.434 e. The molecule has 0 radical (unpaired) electrons. The summed E-state index contributed by atoms with van der Waals surface area (Å²) in [5, 5.41) is 5.92. The Bertz CT molecular complexity index is 479. The average molecular weight is 303 g/mol. The van der Waals surface area contributed by atoms with E-state index in [2.05, 4.69) is 20.4 Å². The zero-order chi connectivity index (χ0) is 15.8. The number of ether oxygens (including phenoxy) is 1. The fourth-order valence-electron chi connectivity index (χ4n) is 1.61. The van der Waals surface area contributed by atoms with Gasteiger partial charge in [-0.05, 0) is 18.1 Å². The van der Waals surface area contributed by atoms with E-state index in [1.54, 1.807) is 7.05 Å². The topological polar surface area (TPSA) is 45.7 Å². The first-order chi connectivity index (χ1) is 9.93. The number of hydrogen-bond acceptors (Lipinski definition) is 2. The van der Waals surface area contributed by atoms with Crippen molar-refractivity contribution in [3.05, 3.63) is 29.6 Å². The Hall–Kier alpha value is -1.92. The second-order valence-electron chi connectivity index (χ2n) is 4.80. The lowest BCUT2D eigenvalue weighted by Crippen LogP contribution is -2.38. The lowest BCUT2D eigenvalue weighted by molar-refractivity contribution is -0.0506. The third-order valence-corrected chi connectivity index (χ3v) is 2.63. The minimum absolute atomic E-state index is 0.00745. The number of halogens is 3. The van der Waals surface area contributed by atoms with Gasteiger partial charge in [0.2, 0.25) is 0 Å². The van der Waals surface area contributed by atoms with Gasteiger partial charge in [0.25, 0.3) is 0 Å². The highest BCUT2D eigenvalue weighted by atomic mass is 19.3. The van der Waals surface area contributed by atoms with Crippen LogP contribution in [-0.4, -0.2) is 26.2 Å². The molecule has 0 aliphatic heterocycles. The highest BCUT2D eigenvalue weighted by molar-refractivity contribution is 5.79. The molecule has 1 aromatic carbocycles. The summed E-state index contributed by atoms with van der Waals surface area (Å²) in [6.07, 6.45) is 0. The third kappa shape index (κ3) is 5.93. The monoisotopic (exact) mass is 303 g/mol. The van der Waals surface area contributed by atoms with E-state index in [0.29, 0.717) is 18.4 Å². The van der Waals surface area contributed by atoms with E-state index < -0.39 is 12.4 Å². The molecule has 0 atom stereocenters. The Kier molecular flexibility index (Phi) is 6.84. The normalized spacial score (nSPS) is 11.9. The number of rotatable bonds is 6. The Labute approximate surface area is 122 Å². The first-order valence-corrected chi connectivity index (χ1v) is 6.60. The fourth-order valence-corrected chi connectivity index (χ4v) is 1.61. The highest BCUT2D eigenvalue weighted by Crippen LogP contribution is 2.23. The molecule has 0 aliphatic rings. The summed E-state index contributed by atoms with van der Waals surface area (Å²) < 4.78 is 42.7. The molecule has 0 unspecified atom stereocenters. The van der Waals surface area contributed by atoms with Gasteiger partial charge in [0.1, 0.15) is 11.6 Å². The molecule has 1 rings (SSSR count). The Balaban J connectivity index is 2.73. The molecule has 1 aromatic rings. The third-order valence-electron chi connectivity index (χ3n) is 2.63. The molecule has 0 fully saturated rings. The molecule has 7 heteroatoms. The van der Waals surface area contributed by atoms with E-state index in [4.69, 9.17) is 0 Å². The lowest BCUT2D eigenvalue weighted by Gasteiger charge is -2.15. The number of alkyl halides is 2. The van der Waals surface area contributed by atoms with Crippen LogP contribution >= 0.6 is 0 Å². The van der Waals surface area contributed by atoms with Crippen LogP contribution in [0.2, 0.25) is 0 Å². The zero-order valence-electron chi connectivity index (χ0n) is 12.3. The summed E-state index contributed by atoms with van der Waals surface area (Å²) in [4.78, 5) is 3.98. The molecule has 118 valence electrons. The minimum Gasteiger partial charge on any atom is -0.434 e. The SMILES string of the molecule is CN=C(NCc1c(F)cccc1OC(F)F)NCC(C)C. The smallest absolute Gasteiger partial charge is 0.387 e. The predicted molar refractivity (Wildman–Crippen MR) is 76.1 cm³/mol. The van der Waals surface area contributed by atoms with Gasteiger partial charge in [-0.1, -0.05) is 19.9 Å². The van der Waals surface area contributed by atoms with E-state index in [1.807, 2.05) is 13.8 Å². The maximum Gasteiger partial charge on any atom is 0.387 e. The van der Waals surface area contributed by atoms with E-state index in [0.717, 1.165) is 0 Å². The number of hydrogen-bond donors (Lipinski definition) is 2. The molecule has 0 spiro atoms. The average Bonchev–Trinajstić information content (AvgIpc) is 2.40. The first kappa shape index (κ1) is 17.1. The van der Waals surface area contributed by atoms with Gasteiger partial charge in [0.15, 0.2) is 5.96 Å². The molecule has 21 heavy (non-hydrogen) atoms. The summed E-state index contributed by atoms with van der Waals surface area (Å²) in [5.41, 5.74) is 0.0327. The summed E-state index contributed by atoms with van der Waals surface area (Å²) >= 11 is 0. The van der Waals surface area contributed by atoms with Gasteiger partial charge in [-0.2, -0.15) is 8.78 Å². The Morgan fingerprint density at radius 3 is 2.57 bits per heavy atom. The van der Waals surface area contributed by atoms with E-state index >= 15 is 0 Å². The van der Waals surface area contributed by atoms with Crippen molar-refractivity contribution >= 4 is 5.96 Å². The highest BCUT2D eigenvalue weighted by Gasteiger charge is 2.14. The van der Waals surface area contributed by atoms with E-state index in [9.17, 15) is 13.2 Å². The van der Waals surface area contributed by atoms with Gasteiger partial charge < -0.3 is 15.4 Å². The van der Waals surface area contributed by atoms with Crippen molar-refractivity contribution in [2.45, 2.75) is 27.0 Å². The van der Waals surface area contributed by atoms with E-state index in [1.165, 1.54) is 18.2 Å². The maximum atomic E-state index is 13.7. The summed E-state index contributed by atoms with van der Waals surface area (Å²) in [5.74, 6) is 0.0847. The van der Waals surface area contributed by atoms with Gasteiger partial charge in [-0.15, -0.1) is 0 Å². The zero-order valence-corrected chi connectivity index (χ0v) is 12.3. The fraction of sp³-hybridized carbons (Fsp3) is 0.500. The predicted octanol–water partition coefficient (Wildman–Crippen LogP) is 2.75. The van der Waals surface area contributed by atoms with Gasteiger partial charge in [-0.25, -0.2) is 4.39 Å². The van der Waals surface area contributed by atoms with Crippen molar-refractivity contribution in [3.63, 3.8) is 0 Å². The van der Waals surface area contributed by atoms with Crippen molar-refractivity contribution < 1.29 is 17.9 Å². The molecule has 0 saturated carbocycles. The van der Waals surface area contributed by atoms with Crippen molar-refractivity contribution in [3.8, 4) is 5.75 Å². The molecule has 0 aliphatic carbocycles. The second-order valence-corrected chi connectivity index (χ2v) is 4.80. The van der Waals surface area contributed by atoms with Gasteiger partial charge in [0, 0.05) is 25.7 Å². The molecule has 0 saturated heterocycles. The summed E-state index contributed by atoms with van der Waals surface area (Å²) in [6, 6.07) is 3.82. The van der Waals surface area contributed by atoms with Gasteiger partial charge >= 0.3 is 6.61 Å². The van der Waals surface area contributed by atoms with Crippen molar-refractivity contribution in [1.29, 1.82) is 0 Å². The minimum atomic E-state index is -3.00. The van der Waals surface area contributed by atoms with Crippen LogP contribution in [0.25, 0.3) is 0 Å². The van der Waals surface area contributed by atoms with Crippen LogP contribution in [0.4, 0.5) is 13.2 Å². The van der Waals surface area contributed by atoms with E-state index in [-0.39, 0.29) is 17.9 Å². The Morgan fingerprint density at radius 2 is 2.00 bits per heavy atom. The number of nitrogens with one attached hydrogen (secondary N) is 2. The van der Waals surface area contributed by atoms with Crippen molar-refractivity contribution in [2.75, 3.05) is 13.6 Å². The number of guanidine groups is 1. The van der Waals surface area contributed by atoms with Crippen LogP contribution < -0.4 is 15.4 Å². The van der Waals surface area contributed by atoms with Crippen LogP contribution in [0, 0.1) is 11.7 Å². The molecular weight excluding hydrogens is 283 g/mol. The number of aliphatic imine (C=N–C) groups is 1. The van der Waals surface area contributed by atoms with Crippen LogP contribution in [0.1, 0.15) is 19.4 Å². The number of benzene rings is 1. The molecule has 0 bridgehead atoms. The quantitative estimate of drug-likeness (QED) is 0.627. The van der Waals surface area contributed by atoms with Crippen LogP contribution in [0.3, 0.4) is 0 Å². The second kappa shape index (κ2) is 8.39. The van der Waals surface area contributed by atoms with Crippen molar-refractivity contribution in [1.82, 2.24) is 10.6 Å². The molecule has 0 aromatic heterocycles. The van der Waals surface area contributed by atoms with Crippen LogP contribution in [0.15, 0.2) is 23.2 Å².